The lowest BCUT2D eigenvalue weighted by Gasteiger charge is -2.11. The SMILES string of the molecule is CC(C)COc1ccc(NC(=O)CNc2cccc(OCc3ccccc3)c2)cc1. The van der Waals surface area contributed by atoms with Gasteiger partial charge >= 0.3 is 0 Å². The van der Waals surface area contributed by atoms with Crippen molar-refractivity contribution in [3.05, 3.63) is 84.4 Å². The van der Waals surface area contributed by atoms with Crippen molar-refractivity contribution in [3.63, 3.8) is 0 Å². The fourth-order valence-corrected chi connectivity index (χ4v) is 2.72. The average molecular weight is 405 g/mol. The quantitative estimate of drug-likeness (QED) is 0.478. The summed E-state index contributed by atoms with van der Waals surface area (Å²) in [7, 11) is 0. The van der Waals surface area contributed by atoms with Crippen molar-refractivity contribution in [2.24, 2.45) is 5.92 Å². The van der Waals surface area contributed by atoms with Crippen LogP contribution in [0.2, 0.25) is 0 Å². The number of anilines is 2. The standard InChI is InChI=1S/C25H28N2O3/c1-19(2)17-29-23-13-11-21(12-14-23)27-25(28)16-26-22-9-6-10-24(15-22)30-18-20-7-4-3-5-8-20/h3-15,19,26H,16-18H2,1-2H3,(H,27,28). The molecule has 3 rings (SSSR count). The summed E-state index contributed by atoms with van der Waals surface area (Å²) in [6.07, 6.45) is 0. The number of benzene rings is 3. The summed E-state index contributed by atoms with van der Waals surface area (Å²) in [6, 6.07) is 25.0. The molecule has 156 valence electrons. The Morgan fingerprint density at radius 3 is 2.33 bits per heavy atom. The van der Waals surface area contributed by atoms with Gasteiger partial charge in [0, 0.05) is 17.4 Å². The third kappa shape index (κ3) is 7.17. The number of nitrogens with one attached hydrogen (secondary N) is 2. The minimum Gasteiger partial charge on any atom is -0.493 e. The second-order valence-corrected chi connectivity index (χ2v) is 7.43. The molecule has 0 aliphatic rings. The molecule has 0 aliphatic heterocycles. The number of hydrogen-bond acceptors (Lipinski definition) is 4. The Labute approximate surface area is 178 Å². The molecule has 0 fully saturated rings. The van der Waals surface area contributed by atoms with E-state index >= 15 is 0 Å². The summed E-state index contributed by atoms with van der Waals surface area (Å²) in [5, 5.41) is 6.01. The monoisotopic (exact) mass is 404 g/mol. The van der Waals surface area contributed by atoms with Gasteiger partial charge in [0.1, 0.15) is 18.1 Å². The van der Waals surface area contributed by atoms with E-state index in [1.807, 2.05) is 78.9 Å². The fraction of sp³-hybridized carbons (Fsp3) is 0.240. The van der Waals surface area contributed by atoms with E-state index in [0.29, 0.717) is 19.1 Å². The van der Waals surface area contributed by atoms with Crippen molar-refractivity contribution in [1.29, 1.82) is 0 Å². The normalized spacial score (nSPS) is 10.5. The highest BCUT2D eigenvalue weighted by Crippen LogP contribution is 2.19. The van der Waals surface area contributed by atoms with E-state index in [0.717, 1.165) is 28.4 Å². The molecule has 0 bridgehead atoms. The summed E-state index contributed by atoms with van der Waals surface area (Å²) in [5.41, 5.74) is 2.67. The Morgan fingerprint density at radius 2 is 1.60 bits per heavy atom. The molecular formula is C25H28N2O3. The molecule has 1 amide bonds. The number of amides is 1. The van der Waals surface area contributed by atoms with E-state index in [9.17, 15) is 4.79 Å². The summed E-state index contributed by atoms with van der Waals surface area (Å²) in [5.74, 6) is 1.90. The van der Waals surface area contributed by atoms with Crippen molar-refractivity contribution in [2.45, 2.75) is 20.5 Å². The van der Waals surface area contributed by atoms with E-state index in [-0.39, 0.29) is 12.5 Å². The number of hydrogen-bond donors (Lipinski definition) is 2. The van der Waals surface area contributed by atoms with Crippen LogP contribution >= 0.6 is 0 Å². The molecule has 5 heteroatoms. The van der Waals surface area contributed by atoms with Crippen molar-refractivity contribution < 1.29 is 14.3 Å². The Morgan fingerprint density at radius 1 is 0.833 bits per heavy atom. The molecule has 0 spiro atoms. The molecule has 2 N–H and O–H groups in total. The summed E-state index contributed by atoms with van der Waals surface area (Å²) < 4.78 is 11.5. The van der Waals surface area contributed by atoms with E-state index in [1.165, 1.54) is 0 Å². The third-order valence-corrected chi connectivity index (χ3v) is 4.26. The number of ether oxygens (including phenoxy) is 2. The zero-order chi connectivity index (χ0) is 21.2. The van der Waals surface area contributed by atoms with Crippen LogP contribution in [0.25, 0.3) is 0 Å². The first-order valence-corrected chi connectivity index (χ1v) is 10.1. The Balaban J connectivity index is 1.45. The molecule has 3 aromatic rings. The first kappa shape index (κ1) is 21.2. The van der Waals surface area contributed by atoms with Crippen LogP contribution in [0, 0.1) is 5.92 Å². The van der Waals surface area contributed by atoms with Gasteiger partial charge in [-0.3, -0.25) is 4.79 Å². The molecule has 0 saturated carbocycles. The van der Waals surface area contributed by atoms with Gasteiger partial charge in [-0.15, -0.1) is 0 Å². The summed E-state index contributed by atoms with van der Waals surface area (Å²) in [6.45, 7) is 5.54. The highest BCUT2D eigenvalue weighted by atomic mass is 16.5. The van der Waals surface area contributed by atoms with Gasteiger partial charge in [0.25, 0.3) is 0 Å². The largest absolute Gasteiger partial charge is 0.493 e. The average Bonchev–Trinajstić information content (AvgIpc) is 2.77. The predicted octanol–water partition coefficient (Wildman–Crippen LogP) is 5.35. The second-order valence-electron chi connectivity index (χ2n) is 7.43. The zero-order valence-electron chi connectivity index (χ0n) is 17.4. The lowest BCUT2D eigenvalue weighted by atomic mass is 10.2. The van der Waals surface area contributed by atoms with Crippen molar-refractivity contribution in [1.82, 2.24) is 0 Å². The summed E-state index contributed by atoms with van der Waals surface area (Å²) in [4.78, 5) is 12.2. The predicted molar refractivity (Wildman–Crippen MR) is 121 cm³/mol. The molecule has 0 aromatic heterocycles. The topological polar surface area (TPSA) is 59.6 Å². The van der Waals surface area contributed by atoms with Gasteiger partial charge in [0.05, 0.1) is 13.2 Å². The Kier molecular flexibility index (Phi) is 7.72. The highest BCUT2D eigenvalue weighted by molar-refractivity contribution is 5.93. The molecule has 0 heterocycles. The van der Waals surface area contributed by atoms with Crippen LogP contribution in [0.3, 0.4) is 0 Å². The molecule has 0 aliphatic carbocycles. The molecule has 30 heavy (non-hydrogen) atoms. The van der Waals surface area contributed by atoms with Gasteiger partial charge in [0.2, 0.25) is 5.91 Å². The number of rotatable bonds is 10. The van der Waals surface area contributed by atoms with Gasteiger partial charge in [0.15, 0.2) is 0 Å². The van der Waals surface area contributed by atoms with Gasteiger partial charge in [-0.25, -0.2) is 0 Å². The molecule has 0 unspecified atom stereocenters. The third-order valence-electron chi connectivity index (χ3n) is 4.26. The van der Waals surface area contributed by atoms with Gasteiger partial charge in [-0.2, -0.15) is 0 Å². The van der Waals surface area contributed by atoms with Crippen LogP contribution in [-0.2, 0) is 11.4 Å². The van der Waals surface area contributed by atoms with Crippen LogP contribution in [0.15, 0.2) is 78.9 Å². The van der Waals surface area contributed by atoms with Crippen LogP contribution in [0.1, 0.15) is 19.4 Å². The van der Waals surface area contributed by atoms with E-state index < -0.39 is 0 Å². The van der Waals surface area contributed by atoms with Gasteiger partial charge in [-0.1, -0.05) is 50.2 Å². The lowest BCUT2D eigenvalue weighted by molar-refractivity contribution is -0.114. The molecular weight excluding hydrogens is 376 g/mol. The molecule has 3 aromatic carbocycles. The summed E-state index contributed by atoms with van der Waals surface area (Å²) >= 11 is 0. The van der Waals surface area contributed by atoms with Crippen LogP contribution in [-0.4, -0.2) is 19.1 Å². The maximum absolute atomic E-state index is 12.2. The van der Waals surface area contributed by atoms with Crippen LogP contribution < -0.4 is 20.1 Å². The first-order valence-electron chi connectivity index (χ1n) is 10.1. The molecule has 5 nitrogen and oxygen atoms in total. The number of carbonyl (C=O) groups is 1. The van der Waals surface area contributed by atoms with Gasteiger partial charge in [-0.05, 0) is 47.9 Å². The highest BCUT2D eigenvalue weighted by Gasteiger charge is 2.04. The number of carbonyl (C=O) groups excluding carboxylic acids is 1. The maximum Gasteiger partial charge on any atom is 0.243 e. The lowest BCUT2D eigenvalue weighted by Crippen LogP contribution is -2.21. The first-order chi connectivity index (χ1) is 14.6. The molecule has 0 radical (unpaired) electrons. The maximum atomic E-state index is 12.2. The molecule has 0 atom stereocenters. The minimum atomic E-state index is -0.124. The smallest absolute Gasteiger partial charge is 0.243 e. The second kappa shape index (κ2) is 10.9. The Hall–Kier alpha value is -3.47. The van der Waals surface area contributed by atoms with Crippen molar-refractivity contribution in [2.75, 3.05) is 23.8 Å². The van der Waals surface area contributed by atoms with Crippen LogP contribution in [0.4, 0.5) is 11.4 Å². The van der Waals surface area contributed by atoms with E-state index in [1.54, 1.807) is 0 Å². The fourth-order valence-electron chi connectivity index (χ4n) is 2.72. The van der Waals surface area contributed by atoms with E-state index in [2.05, 4.69) is 24.5 Å². The Bertz CT molecular complexity index is 925. The van der Waals surface area contributed by atoms with Crippen molar-refractivity contribution in [3.8, 4) is 11.5 Å². The van der Waals surface area contributed by atoms with E-state index in [4.69, 9.17) is 9.47 Å². The van der Waals surface area contributed by atoms with Crippen molar-refractivity contribution >= 4 is 17.3 Å². The zero-order valence-corrected chi connectivity index (χ0v) is 17.4. The van der Waals surface area contributed by atoms with Gasteiger partial charge < -0.3 is 20.1 Å². The van der Waals surface area contributed by atoms with Crippen LogP contribution in [0.5, 0.6) is 11.5 Å². The molecule has 0 saturated heterocycles. The minimum absolute atomic E-state index is 0.124.